The number of aryl methyl sites for hydroxylation is 1. The molecule has 3 heterocycles. The lowest BCUT2D eigenvalue weighted by atomic mass is 10.3. The van der Waals surface area contributed by atoms with Crippen LogP contribution in [0, 0.1) is 6.92 Å². The van der Waals surface area contributed by atoms with E-state index in [1.54, 1.807) is 16.8 Å². The number of aromatic nitrogens is 4. The Balaban J connectivity index is 1.80. The lowest BCUT2D eigenvalue weighted by Gasteiger charge is -2.10. The van der Waals surface area contributed by atoms with Crippen molar-refractivity contribution in [1.82, 2.24) is 19.3 Å². The fraction of sp³-hybridized carbons (Fsp3) is 0.167. The Morgan fingerprint density at radius 1 is 1.27 bits per heavy atom. The molecule has 0 aliphatic carbocycles. The van der Waals surface area contributed by atoms with Gasteiger partial charge in [0.2, 0.25) is 5.95 Å². The van der Waals surface area contributed by atoms with Crippen LogP contribution < -0.4 is 5.32 Å². The largest absolute Gasteiger partial charge is 0.395 e. The first-order valence-electron chi connectivity index (χ1n) is 8.15. The highest BCUT2D eigenvalue weighted by molar-refractivity contribution is 7.12. The van der Waals surface area contributed by atoms with Gasteiger partial charge in [-0.2, -0.15) is 9.78 Å². The molecule has 1 amide bonds. The Kier molecular flexibility index (Phi) is 4.27. The van der Waals surface area contributed by atoms with Gasteiger partial charge in [-0.25, -0.2) is 4.98 Å². The van der Waals surface area contributed by atoms with Crippen LogP contribution in [-0.4, -0.2) is 37.0 Å². The average Bonchev–Trinajstić information content (AvgIpc) is 3.35. The van der Waals surface area contributed by atoms with Gasteiger partial charge in [-0.05, 0) is 30.5 Å². The van der Waals surface area contributed by atoms with Gasteiger partial charge in [0, 0.05) is 12.6 Å². The molecule has 4 rings (SSSR count). The zero-order valence-electron chi connectivity index (χ0n) is 14.1. The third-order valence-electron chi connectivity index (χ3n) is 3.97. The van der Waals surface area contributed by atoms with E-state index in [9.17, 15) is 9.90 Å². The second-order valence-electron chi connectivity index (χ2n) is 5.79. The fourth-order valence-corrected chi connectivity index (χ4v) is 3.49. The summed E-state index contributed by atoms with van der Waals surface area (Å²) in [4.78, 5) is 17.7. The predicted molar refractivity (Wildman–Crippen MR) is 101 cm³/mol. The molecule has 0 radical (unpaired) electrons. The number of hydrogen-bond donors (Lipinski definition) is 2. The van der Waals surface area contributed by atoms with Crippen LogP contribution in [0.2, 0.25) is 0 Å². The highest BCUT2D eigenvalue weighted by atomic mass is 32.1. The van der Waals surface area contributed by atoms with Gasteiger partial charge >= 0.3 is 0 Å². The minimum Gasteiger partial charge on any atom is -0.395 e. The number of rotatable bonds is 5. The highest BCUT2D eigenvalue weighted by Crippen LogP contribution is 2.23. The van der Waals surface area contributed by atoms with Crippen molar-refractivity contribution >= 4 is 34.1 Å². The van der Waals surface area contributed by atoms with Gasteiger partial charge in [-0.1, -0.05) is 18.2 Å². The van der Waals surface area contributed by atoms with Gasteiger partial charge in [0.05, 0.1) is 28.2 Å². The fourth-order valence-electron chi connectivity index (χ4n) is 2.87. The molecule has 0 saturated heterocycles. The number of carbonyl (C=O) groups is 1. The monoisotopic (exact) mass is 367 g/mol. The first-order valence-corrected chi connectivity index (χ1v) is 9.03. The molecule has 8 heteroatoms. The van der Waals surface area contributed by atoms with E-state index in [4.69, 9.17) is 0 Å². The van der Waals surface area contributed by atoms with Gasteiger partial charge in [0.1, 0.15) is 5.82 Å². The van der Waals surface area contributed by atoms with Crippen molar-refractivity contribution < 1.29 is 9.90 Å². The molecule has 0 aliphatic rings. The molecule has 0 unspecified atom stereocenters. The molecule has 0 fully saturated rings. The Labute approximate surface area is 153 Å². The Hall–Kier alpha value is -2.97. The number of fused-ring (bicyclic) bond motifs is 1. The zero-order chi connectivity index (χ0) is 18.1. The van der Waals surface area contributed by atoms with Gasteiger partial charge in [-0.3, -0.25) is 4.79 Å². The van der Waals surface area contributed by atoms with Gasteiger partial charge in [0.25, 0.3) is 5.91 Å². The van der Waals surface area contributed by atoms with Crippen LogP contribution in [0.5, 0.6) is 0 Å². The maximum Gasteiger partial charge on any atom is 0.266 e. The van der Waals surface area contributed by atoms with Crippen molar-refractivity contribution in [3.05, 3.63) is 58.4 Å². The van der Waals surface area contributed by atoms with Crippen molar-refractivity contribution in [2.45, 2.75) is 13.5 Å². The number of imidazole rings is 1. The SMILES string of the molecule is Cc1cc(NC(=O)c2cccs2)n(-c2nc3ccccc3n2CCO)n1. The number of thiophene rings is 1. The Morgan fingerprint density at radius 3 is 2.88 bits per heavy atom. The van der Waals surface area contributed by atoms with Crippen molar-refractivity contribution in [2.75, 3.05) is 11.9 Å². The van der Waals surface area contributed by atoms with Crippen molar-refractivity contribution in [1.29, 1.82) is 0 Å². The van der Waals surface area contributed by atoms with E-state index in [1.807, 2.05) is 47.2 Å². The molecule has 0 aliphatic heterocycles. The Morgan fingerprint density at radius 2 is 2.12 bits per heavy atom. The number of carbonyl (C=O) groups excluding carboxylic acids is 1. The molecule has 2 N–H and O–H groups in total. The molecular formula is C18H17N5O2S. The minimum atomic E-state index is -0.189. The summed E-state index contributed by atoms with van der Waals surface area (Å²) in [7, 11) is 0. The van der Waals surface area contributed by atoms with Crippen LogP contribution in [0.15, 0.2) is 47.8 Å². The van der Waals surface area contributed by atoms with Crippen LogP contribution in [-0.2, 0) is 6.54 Å². The van der Waals surface area contributed by atoms with E-state index >= 15 is 0 Å². The number of benzene rings is 1. The number of hydrogen-bond acceptors (Lipinski definition) is 5. The average molecular weight is 367 g/mol. The topological polar surface area (TPSA) is 85.0 Å². The number of aliphatic hydroxyl groups excluding tert-OH is 1. The predicted octanol–water partition coefficient (Wildman–Crippen LogP) is 2.84. The lowest BCUT2D eigenvalue weighted by Crippen LogP contribution is -2.17. The minimum absolute atomic E-state index is 0.0233. The quantitative estimate of drug-likeness (QED) is 0.568. The van der Waals surface area contributed by atoms with E-state index in [-0.39, 0.29) is 12.5 Å². The van der Waals surface area contributed by atoms with E-state index < -0.39 is 0 Å². The third-order valence-corrected chi connectivity index (χ3v) is 4.83. The maximum atomic E-state index is 12.4. The summed E-state index contributed by atoms with van der Waals surface area (Å²) in [6.07, 6.45) is 0. The summed E-state index contributed by atoms with van der Waals surface area (Å²) < 4.78 is 3.50. The van der Waals surface area contributed by atoms with Crippen molar-refractivity contribution in [3.63, 3.8) is 0 Å². The van der Waals surface area contributed by atoms with Crippen molar-refractivity contribution in [3.8, 4) is 5.95 Å². The molecule has 0 saturated carbocycles. The standard InChI is InChI=1S/C18H17N5O2S/c1-12-11-16(20-17(25)15-7-4-10-26-15)23(21-12)18-19-13-5-2-3-6-14(13)22(18)8-9-24/h2-7,10-11,24H,8-9H2,1H3,(H,20,25). The first-order chi connectivity index (χ1) is 12.7. The third kappa shape index (κ3) is 2.89. The first kappa shape index (κ1) is 16.5. The number of aliphatic hydroxyl groups is 1. The van der Waals surface area contributed by atoms with Crippen LogP contribution in [0.3, 0.4) is 0 Å². The maximum absolute atomic E-state index is 12.4. The summed E-state index contributed by atoms with van der Waals surface area (Å²) in [6.45, 7) is 2.22. The van der Waals surface area contributed by atoms with Crippen molar-refractivity contribution in [2.24, 2.45) is 0 Å². The van der Waals surface area contributed by atoms with E-state index in [1.165, 1.54) is 11.3 Å². The van der Waals surface area contributed by atoms with E-state index in [2.05, 4.69) is 15.4 Å². The Bertz CT molecular complexity index is 1060. The molecule has 0 bridgehead atoms. The van der Waals surface area contributed by atoms with Gasteiger partial charge in [0.15, 0.2) is 0 Å². The van der Waals surface area contributed by atoms with Crippen LogP contribution in [0.4, 0.5) is 5.82 Å². The van der Waals surface area contributed by atoms with E-state index in [0.29, 0.717) is 23.2 Å². The molecular weight excluding hydrogens is 350 g/mol. The smallest absolute Gasteiger partial charge is 0.266 e. The summed E-state index contributed by atoms with van der Waals surface area (Å²) in [5.41, 5.74) is 2.47. The van der Waals surface area contributed by atoms with Crippen LogP contribution in [0.1, 0.15) is 15.4 Å². The molecule has 0 spiro atoms. The van der Waals surface area contributed by atoms with E-state index in [0.717, 1.165) is 16.7 Å². The molecule has 0 atom stereocenters. The second kappa shape index (κ2) is 6.74. The molecule has 132 valence electrons. The number of nitrogens with one attached hydrogen (secondary N) is 1. The summed E-state index contributed by atoms with van der Waals surface area (Å²) in [5, 5.41) is 18.7. The molecule has 26 heavy (non-hydrogen) atoms. The number of nitrogens with zero attached hydrogens (tertiary/aromatic N) is 4. The lowest BCUT2D eigenvalue weighted by molar-refractivity contribution is 0.103. The summed E-state index contributed by atoms with van der Waals surface area (Å²) in [5.74, 6) is 0.899. The zero-order valence-corrected chi connectivity index (χ0v) is 14.9. The normalized spacial score (nSPS) is 11.2. The van der Waals surface area contributed by atoms with Crippen LogP contribution >= 0.6 is 11.3 Å². The molecule has 4 aromatic rings. The molecule has 7 nitrogen and oxygen atoms in total. The molecule has 1 aromatic carbocycles. The van der Waals surface area contributed by atoms with Gasteiger partial charge in [-0.15, -0.1) is 11.3 Å². The summed E-state index contributed by atoms with van der Waals surface area (Å²) in [6, 6.07) is 13.1. The summed E-state index contributed by atoms with van der Waals surface area (Å²) >= 11 is 1.38. The number of para-hydroxylation sites is 2. The van der Waals surface area contributed by atoms with Gasteiger partial charge < -0.3 is 15.0 Å². The number of amides is 1. The van der Waals surface area contributed by atoms with Crippen LogP contribution in [0.25, 0.3) is 17.0 Å². The number of anilines is 1. The molecule has 3 aromatic heterocycles. The highest BCUT2D eigenvalue weighted by Gasteiger charge is 2.18. The second-order valence-corrected chi connectivity index (χ2v) is 6.74.